The normalized spacial score (nSPS) is 14.9. The van der Waals surface area contributed by atoms with Crippen LogP contribution in [-0.4, -0.2) is 22.5 Å². The number of carbonyl (C=O) groups excluding carboxylic acids is 2. The predicted molar refractivity (Wildman–Crippen MR) is 62.4 cm³/mol. The summed E-state index contributed by atoms with van der Waals surface area (Å²) < 4.78 is 0. The fraction of sp³-hybridized carbons (Fsp3) is 0.273. The predicted octanol–water partition coefficient (Wildman–Crippen LogP) is 0.595. The van der Waals surface area contributed by atoms with E-state index in [1.165, 1.54) is 0 Å². The number of amides is 2. The van der Waals surface area contributed by atoms with Gasteiger partial charge in [0.2, 0.25) is 5.91 Å². The first-order chi connectivity index (χ1) is 8.15. The van der Waals surface area contributed by atoms with Crippen LogP contribution in [0, 0.1) is 6.92 Å². The molecule has 0 aliphatic carbocycles. The molecule has 0 unspecified atom stereocenters. The summed E-state index contributed by atoms with van der Waals surface area (Å²) >= 11 is 0. The topological polar surface area (TPSA) is 83.5 Å². The summed E-state index contributed by atoms with van der Waals surface area (Å²) in [5.41, 5.74) is 3.61. The Labute approximate surface area is 98.1 Å². The average Bonchev–Trinajstić information content (AvgIpc) is 2.33. The lowest BCUT2D eigenvalue weighted by Crippen LogP contribution is -2.32. The molecule has 2 amide bonds. The highest BCUT2D eigenvalue weighted by atomic mass is 16.2. The van der Waals surface area contributed by atoms with E-state index >= 15 is 0 Å². The summed E-state index contributed by atoms with van der Waals surface area (Å²) in [5, 5.41) is 6.32. The van der Waals surface area contributed by atoms with Crippen LogP contribution in [0.25, 0.3) is 0 Å². The standard InChI is InChI=1S/C11H12N4O2/c1-7-2-4-9(12-6-7)13-11(17)8-3-5-10(16)15-14-8/h2,4,6H,3,5H2,1H3,(H,15,16)(H,12,13,17). The van der Waals surface area contributed by atoms with E-state index in [2.05, 4.69) is 20.8 Å². The molecule has 1 aromatic rings. The summed E-state index contributed by atoms with van der Waals surface area (Å²) in [5.74, 6) is -0.0310. The molecule has 0 radical (unpaired) electrons. The largest absolute Gasteiger partial charge is 0.305 e. The number of pyridine rings is 1. The molecule has 17 heavy (non-hydrogen) atoms. The maximum atomic E-state index is 11.7. The quantitative estimate of drug-likeness (QED) is 0.783. The van der Waals surface area contributed by atoms with E-state index in [0.29, 0.717) is 18.0 Å². The Balaban J connectivity index is 2.02. The Hall–Kier alpha value is -2.24. The molecule has 6 heteroatoms. The Morgan fingerprint density at radius 2 is 2.24 bits per heavy atom. The van der Waals surface area contributed by atoms with Gasteiger partial charge in [-0.2, -0.15) is 5.10 Å². The van der Waals surface area contributed by atoms with Crippen molar-refractivity contribution in [1.29, 1.82) is 0 Å². The van der Waals surface area contributed by atoms with Gasteiger partial charge in [0.25, 0.3) is 5.91 Å². The van der Waals surface area contributed by atoms with Crippen molar-refractivity contribution in [3.05, 3.63) is 23.9 Å². The number of carbonyl (C=O) groups is 2. The minimum absolute atomic E-state index is 0.171. The first-order valence-electron chi connectivity index (χ1n) is 5.24. The van der Waals surface area contributed by atoms with Gasteiger partial charge >= 0.3 is 0 Å². The second-order valence-corrected chi connectivity index (χ2v) is 3.77. The molecular formula is C11H12N4O2. The fourth-order valence-electron chi connectivity index (χ4n) is 1.37. The Kier molecular flexibility index (Phi) is 3.13. The van der Waals surface area contributed by atoms with Gasteiger partial charge in [0.15, 0.2) is 0 Å². The smallest absolute Gasteiger partial charge is 0.273 e. The van der Waals surface area contributed by atoms with E-state index in [1.54, 1.807) is 12.3 Å². The zero-order chi connectivity index (χ0) is 12.3. The van der Waals surface area contributed by atoms with E-state index in [1.807, 2.05) is 13.0 Å². The van der Waals surface area contributed by atoms with Crippen molar-refractivity contribution in [3.8, 4) is 0 Å². The maximum absolute atomic E-state index is 11.7. The number of anilines is 1. The molecule has 88 valence electrons. The monoisotopic (exact) mass is 232 g/mol. The van der Waals surface area contributed by atoms with Gasteiger partial charge < -0.3 is 5.32 Å². The average molecular weight is 232 g/mol. The summed E-state index contributed by atoms with van der Waals surface area (Å²) in [6.45, 7) is 1.92. The van der Waals surface area contributed by atoms with Crippen LogP contribution >= 0.6 is 0 Å². The molecule has 1 aliphatic heterocycles. The molecule has 0 fully saturated rings. The van der Waals surface area contributed by atoms with Crippen molar-refractivity contribution in [1.82, 2.24) is 10.4 Å². The molecule has 1 aliphatic rings. The number of aryl methyl sites for hydroxylation is 1. The zero-order valence-electron chi connectivity index (χ0n) is 9.36. The van der Waals surface area contributed by atoms with Gasteiger partial charge in [0.05, 0.1) is 0 Å². The first-order valence-corrected chi connectivity index (χ1v) is 5.24. The van der Waals surface area contributed by atoms with Crippen molar-refractivity contribution in [2.75, 3.05) is 5.32 Å². The van der Waals surface area contributed by atoms with Gasteiger partial charge in [0.1, 0.15) is 11.5 Å². The summed E-state index contributed by atoms with van der Waals surface area (Å²) in [7, 11) is 0. The van der Waals surface area contributed by atoms with Crippen LogP contribution in [0.5, 0.6) is 0 Å². The van der Waals surface area contributed by atoms with Crippen molar-refractivity contribution in [2.45, 2.75) is 19.8 Å². The molecular weight excluding hydrogens is 220 g/mol. The van der Waals surface area contributed by atoms with Gasteiger partial charge in [-0.15, -0.1) is 0 Å². The number of rotatable bonds is 2. The van der Waals surface area contributed by atoms with E-state index in [0.717, 1.165) is 5.56 Å². The lowest BCUT2D eigenvalue weighted by atomic mass is 10.1. The van der Waals surface area contributed by atoms with Crippen LogP contribution in [0.1, 0.15) is 18.4 Å². The zero-order valence-corrected chi connectivity index (χ0v) is 9.36. The SMILES string of the molecule is Cc1ccc(NC(=O)C2=NNC(=O)CC2)nc1. The van der Waals surface area contributed by atoms with Gasteiger partial charge in [-0.3, -0.25) is 9.59 Å². The van der Waals surface area contributed by atoms with Gasteiger partial charge in [-0.1, -0.05) is 6.07 Å². The number of hydrogen-bond donors (Lipinski definition) is 2. The van der Waals surface area contributed by atoms with Crippen molar-refractivity contribution in [3.63, 3.8) is 0 Å². The first kappa shape index (κ1) is 11.3. The van der Waals surface area contributed by atoms with Gasteiger partial charge in [-0.25, -0.2) is 10.4 Å². The van der Waals surface area contributed by atoms with Crippen LogP contribution in [0.3, 0.4) is 0 Å². The molecule has 1 aromatic heterocycles. The van der Waals surface area contributed by atoms with E-state index in [9.17, 15) is 9.59 Å². The van der Waals surface area contributed by atoms with Crippen LogP contribution in [-0.2, 0) is 9.59 Å². The highest BCUT2D eigenvalue weighted by molar-refractivity contribution is 6.43. The van der Waals surface area contributed by atoms with Gasteiger partial charge in [-0.05, 0) is 18.6 Å². The molecule has 0 saturated carbocycles. The molecule has 0 atom stereocenters. The summed E-state index contributed by atoms with van der Waals surface area (Å²) in [6, 6.07) is 3.57. The lowest BCUT2D eigenvalue weighted by molar-refractivity contribution is -0.121. The summed E-state index contributed by atoms with van der Waals surface area (Å²) in [6.07, 6.45) is 2.30. The molecule has 2 heterocycles. The number of nitrogens with zero attached hydrogens (tertiary/aromatic N) is 2. The fourth-order valence-corrected chi connectivity index (χ4v) is 1.37. The van der Waals surface area contributed by atoms with E-state index in [-0.39, 0.29) is 18.2 Å². The minimum atomic E-state index is -0.332. The molecule has 0 saturated heterocycles. The Morgan fingerprint density at radius 1 is 1.41 bits per heavy atom. The van der Waals surface area contributed by atoms with Crippen molar-refractivity contribution < 1.29 is 9.59 Å². The number of aromatic nitrogens is 1. The third-order valence-corrected chi connectivity index (χ3v) is 2.32. The number of nitrogens with one attached hydrogen (secondary N) is 2. The van der Waals surface area contributed by atoms with Crippen LogP contribution in [0.15, 0.2) is 23.4 Å². The third-order valence-electron chi connectivity index (χ3n) is 2.32. The molecule has 2 rings (SSSR count). The molecule has 0 aromatic carbocycles. The second kappa shape index (κ2) is 4.73. The van der Waals surface area contributed by atoms with Crippen LogP contribution < -0.4 is 10.7 Å². The highest BCUT2D eigenvalue weighted by Crippen LogP contribution is 2.06. The maximum Gasteiger partial charge on any atom is 0.273 e. The van der Waals surface area contributed by atoms with Crippen LogP contribution in [0.4, 0.5) is 5.82 Å². The lowest BCUT2D eigenvalue weighted by Gasteiger charge is -2.11. The Bertz CT molecular complexity index is 479. The van der Waals surface area contributed by atoms with Gasteiger partial charge in [0, 0.05) is 19.0 Å². The van der Waals surface area contributed by atoms with Crippen molar-refractivity contribution >= 4 is 23.3 Å². The number of hydrazone groups is 1. The second-order valence-electron chi connectivity index (χ2n) is 3.77. The molecule has 0 bridgehead atoms. The third kappa shape index (κ3) is 2.87. The minimum Gasteiger partial charge on any atom is -0.305 e. The summed E-state index contributed by atoms with van der Waals surface area (Å²) in [4.78, 5) is 26.6. The van der Waals surface area contributed by atoms with Crippen LogP contribution in [0.2, 0.25) is 0 Å². The van der Waals surface area contributed by atoms with E-state index in [4.69, 9.17) is 0 Å². The molecule has 6 nitrogen and oxygen atoms in total. The van der Waals surface area contributed by atoms with E-state index < -0.39 is 0 Å². The molecule has 2 N–H and O–H groups in total. The van der Waals surface area contributed by atoms with Crippen molar-refractivity contribution in [2.24, 2.45) is 5.10 Å². The highest BCUT2D eigenvalue weighted by Gasteiger charge is 2.18. The molecule has 0 spiro atoms. The Morgan fingerprint density at radius 3 is 2.82 bits per heavy atom. The number of hydrogen-bond acceptors (Lipinski definition) is 4.